The van der Waals surface area contributed by atoms with Gasteiger partial charge in [0.15, 0.2) is 11.9 Å². The number of rotatable bonds is 3. The van der Waals surface area contributed by atoms with Crippen molar-refractivity contribution in [2.75, 3.05) is 28.2 Å². The Hall–Kier alpha value is -1.19. The Kier molecular flexibility index (Phi) is 4.10. The summed E-state index contributed by atoms with van der Waals surface area (Å²) in [5, 5.41) is 3.34. The standard InChI is InChI=1S/C7H15N4/c1-10(2)5-7(9-8)6-11(3)4/h5-6,8H,1-4H3/q+1. The minimum Gasteiger partial charge on any atom is -0.382 e. The Labute approximate surface area is 67.3 Å². The van der Waals surface area contributed by atoms with E-state index >= 15 is 0 Å². The minimum absolute atomic E-state index is 0.639. The van der Waals surface area contributed by atoms with E-state index in [0.717, 1.165) is 0 Å². The van der Waals surface area contributed by atoms with Crippen LogP contribution in [0.15, 0.2) is 17.0 Å². The fourth-order valence-corrected chi connectivity index (χ4v) is 0.620. The molecule has 0 aliphatic rings. The quantitative estimate of drug-likeness (QED) is 0.365. The third-order valence-corrected chi connectivity index (χ3v) is 0.910. The summed E-state index contributed by atoms with van der Waals surface area (Å²) in [6.07, 6.45) is 3.57. The van der Waals surface area contributed by atoms with Crippen LogP contribution < -0.4 is 0 Å². The molecule has 4 heteroatoms. The lowest BCUT2D eigenvalue weighted by Crippen LogP contribution is -2.06. The maximum absolute atomic E-state index is 6.82. The van der Waals surface area contributed by atoms with Crippen LogP contribution in [0.4, 0.5) is 0 Å². The predicted octanol–water partition coefficient (Wildman–Crippen LogP) is 0.763. The van der Waals surface area contributed by atoms with E-state index in [1.54, 1.807) is 12.4 Å². The first-order chi connectivity index (χ1) is 5.06. The summed E-state index contributed by atoms with van der Waals surface area (Å²) in [7, 11) is 7.59. The molecule has 0 fully saturated rings. The van der Waals surface area contributed by atoms with E-state index in [1.807, 2.05) is 37.7 Å². The summed E-state index contributed by atoms with van der Waals surface area (Å²) in [6, 6.07) is 0. The molecular weight excluding hydrogens is 140 g/mol. The van der Waals surface area contributed by atoms with Gasteiger partial charge in [0.25, 0.3) is 0 Å². The van der Waals surface area contributed by atoms with Crippen molar-refractivity contribution >= 4 is 6.21 Å². The van der Waals surface area contributed by atoms with Crippen molar-refractivity contribution in [1.29, 1.82) is 5.53 Å². The highest BCUT2D eigenvalue weighted by Gasteiger charge is 1.94. The van der Waals surface area contributed by atoms with E-state index in [0.29, 0.717) is 5.70 Å². The van der Waals surface area contributed by atoms with Crippen molar-refractivity contribution in [1.82, 2.24) is 4.90 Å². The van der Waals surface area contributed by atoms with Gasteiger partial charge in [0, 0.05) is 20.3 Å². The molecule has 0 saturated carbocycles. The lowest BCUT2D eigenvalue weighted by molar-refractivity contribution is -0.459. The molecule has 0 unspecified atom stereocenters. The van der Waals surface area contributed by atoms with Gasteiger partial charge in [0.05, 0.1) is 0 Å². The second-order valence-electron chi connectivity index (χ2n) is 2.72. The third-order valence-electron chi connectivity index (χ3n) is 0.910. The monoisotopic (exact) mass is 155 g/mol. The van der Waals surface area contributed by atoms with Gasteiger partial charge in [-0.05, 0) is 0 Å². The molecule has 1 N–H and O–H groups in total. The summed E-state index contributed by atoms with van der Waals surface area (Å²) in [4.78, 5) is 1.85. The van der Waals surface area contributed by atoms with Crippen LogP contribution in [-0.2, 0) is 0 Å². The highest BCUT2D eigenvalue weighted by atomic mass is 15.1. The Morgan fingerprint density at radius 2 is 2.00 bits per heavy atom. The summed E-state index contributed by atoms with van der Waals surface area (Å²) in [5.41, 5.74) is 7.46. The molecule has 0 atom stereocenters. The number of nitrogens with zero attached hydrogens (tertiary/aromatic N) is 3. The molecular formula is C7H15N4+. The molecule has 0 aliphatic carbocycles. The zero-order valence-electron chi connectivity index (χ0n) is 7.50. The smallest absolute Gasteiger partial charge is 0.192 e. The third kappa shape index (κ3) is 5.26. The molecule has 11 heavy (non-hydrogen) atoms. The molecule has 0 saturated heterocycles. The molecule has 0 radical (unpaired) electrons. The topological polar surface area (TPSA) is 42.5 Å². The summed E-state index contributed by atoms with van der Waals surface area (Å²) in [5.74, 6) is 0. The zero-order chi connectivity index (χ0) is 8.85. The SMILES string of the molecule is CN(C)C=C(C=[N+](C)C)N=N. The normalized spacial score (nSPS) is 10.7. The first-order valence-corrected chi connectivity index (χ1v) is 3.33. The van der Waals surface area contributed by atoms with Crippen LogP contribution in [0.3, 0.4) is 0 Å². The van der Waals surface area contributed by atoms with E-state index in [-0.39, 0.29) is 0 Å². The van der Waals surface area contributed by atoms with Crippen LogP contribution in [0.2, 0.25) is 0 Å². The molecule has 0 spiro atoms. The first kappa shape index (κ1) is 9.81. The maximum atomic E-state index is 6.82. The predicted molar refractivity (Wildman–Crippen MR) is 45.1 cm³/mol. The highest BCUT2D eigenvalue weighted by molar-refractivity contribution is 5.73. The largest absolute Gasteiger partial charge is 0.382 e. The Morgan fingerprint density at radius 3 is 2.27 bits per heavy atom. The van der Waals surface area contributed by atoms with Crippen LogP contribution >= 0.6 is 0 Å². The van der Waals surface area contributed by atoms with Gasteiger partial charge >= 0.3 is 0 Å². The average molecular weight is 155 g/mol. The molecule has 0 aromatic carbocycles. The summed E-state index contributed by atoms with van der Waals surface area (Å²) >= 11 is 0. The first-order valence-electron chi connectivity index (χ1n) is 3.33. The van der Waals surface area contributed by atoms with Crippen molar-refractivity contribution in [2.24, 2.45) is 5.11 Å². The molecule has 0 amide bonds. The molecule has 4 nitrogen and oxygen atoms in total. The molecule has 0 aromatic rings. The highest BCUT2D eigenvalue weighted by Crippen LogP contribution is 1.92. The Balaban J connectivity index is 4.41. The molecule has 0 aliphatic heterocycles. The van der Waals surface area contributed by atoms with Gasteiger partial charge in [-0.15, -0.1) is 0 Å². The van der Waals surface area contributed by atoms with E-state index in [2.05, 4.69) is 5.11 Å². The van der Waals surface area contributed by atoms with E-state index < -0.39 is 0 Å². The van der Waals surface area contributed by atoms with Crippen molar-refractivity contribution in [3.8, 4) is 0 Å². The molecule has 62 valence electrons. The van der Waals surface area contributed by atoms with Crippen LogP contribution in [-0.4, -0.2) is 43.9 Å². The second kappa shape index (κ2) is 4.60. The Morgan fingerprint density at radius 1 is 1.45 bits per heavy atom. The van der Waals surface area contributed by atoms with E-state index in [9.17, 15) is 0 Å². The van der Waals surface area contributed by atoms with Gasteiger partial charge in [-0.25, -0.2) is 10.1 Å². The van der Waals surface area contributed by atoms with Gasteiger partial charge in [-0.3, -0.25) is 0 Å². The molecule has 0 aromatic heterocycles. The van der Waals surface area contributed by atoms with Crippen molar-refractivity contribution < 1.29 is 4.58 Å². The lowest BCUT2D eigenvalue weighted by Gasteiger charge is -2.02. The summed E-state index contributed by atoms with van der Waals surface area (Å²) in [6.45, 7) is 0. The molecule has 0 rings (SSSR count). The molecule has 0 bridgehead atoms. The Bertz CT molecular complexity index is 187. The maximum Gasteiger partial charge on any atom is 0.192 e. The fourth-order valence-electron chi connectivity index (χ4n) is 0.620. The van der Waals surface area contributed by atoms with Crippen LogP contribution in [0.25, 0.3) is 0 Å². The van der Waals surface area contributed by atoms with Crippen LogP contribution in [0.1, 0.15) is 0 Å². The van der Waals surface area contributed by atoms with Crippen LogP contribution in [0.5, 0.6) is 0 Å². The average Bonchev–Trinajstić information content (AvgIpc) is 1.84. The van der Waals surface area contributed by atoms with Gasteiger partial charge < -0.3 is 4.90 Å². The number of nitrogens with one attached hydrogen (secondary N) is 1. The van der Waals surface area contributed by atoms with Gasteiger partial charge in [0.1, 0.15) is 14.1 Å². The van der Waals surface area contributed by atoms with Crippen molar-refractivity contribution in [2.45, 2.75) is 0 Å². The van der Waals surface area contributed by atoms with Gasteiger partial charge in [0.2, 0.25) is 0 Å². The number of hydrogen-bond donors (Lipinski definition) is 1. The van der Waals surface area contributed by atoms with E-state index in [4.69, 9.17) is 5.53 Å². The minimum atomic E-state index is 0.639. The van der Waals surface area contributed by atoms with Crippen molar-refractivity contribution in [3.05, 3.63) is 11.9 Å². The lowest BCUT2D eigenvalue weighted by atomic mass is 10.5. The van der Waals surface area contributed by atoms with Gasteiger partial charge in [-0.1, -0.05) is 0 Å². The number of hydrogen-bond acceptors (Lipinski definition) is 3. The number of allylic oxidation sites excluding steroid dienone is 1. The van der Waals surface area contributed by atoms with E-state index in [1.165, 1.54) is 0 Å². The van der Waals surface area contributed by atoms with Crippen molar-refractivity contribution in [3.63, 3.8) is 0 Å². The summed E-state index contributed by atoms with van der Waals surface area (Å²) < 4.78 is 1.85. The second-order valence-corrected chi connectivity index (χ2v) is 2.72. The van der Waals surface area contributed by atoms with Gasteiger partial charge in [-0.2, -0.15) is 5.11 Å². The van der Waals surface area contributed by atoms with Crippen LogP contribution in [0, 0.1) is 5.53 Å². The fraction of sp³-hybridized carbons (Fsp3) is 0.571. The zero-order valence-corrected chi connectivity index (χ0v) is 7.50. The molecule has 0 heterocycles.